The number of benzene rings is 1. The normalized spacial score (nSPS) is 18.8. The highest BCUT2D eigenvalue weighted by atomic mass is 32.2. The van der Waals surface area contributed by atoms with Gasteiger partial charge in [-0.15, -0.1) is 11.8 Å². The van der Waals surface area contributed by atoms with Gasteiger partial charge in [0.2, 0.25) is 5.91 Å². The number of rotatable bonds is 2. The quantitative estimate of drug-likeness (QED) is 0.820. The fourth-order valence-corrected chi connectivity index (χ4v) is 2.88. The van der Waals surface area contributed by atoms with E-state index in [4.69, 9.17) is 0 Å². The molecule has 4 heteroatoms. The van der Waals surface area contributed by atoms with Crippen molar-refractivity contribution >= 4 is 29.1 Å². The van der Waals surface area contributed by atoms with Crippen molar-refractivity contribution in [3.63, 3.8) is 0 Å². The second-order valence-corrected chi connectivity index (χ2v) is 5.72. The molecule has 90 valence electrons. The number of nitrogens with one attached hydrogen (secondary N) is 1. The minimum atomic E-state index is -0.0503. The lowest BCUT2D eigenvalue weighted by molar-refractivity contribution is -0.116. The zero-order valence-electron chi connectivity index (χ0n) is 10.1. The standard InChI is InChI=1S/C13H15NO2S/c1-7(2)12-13(16)14-10-6-9(8(3)15)4-5-11(10)17-12/h4-7,12H,1-3H3,(H,14,16). The fourth-order valence-electron chi connectivity index (χ4n) is 1.78. The lowest BCUT2D eigenvalue weighted by Crippen LogP contribution is -2.32. The molecule has 1 unspecified atom stereocenters. The molecule has 1 amide bonds. The van der Waals surface area contributed by atoms with E-state index in [9.17, 15) is 9.59 Å². The van der Waals surface area contributed by atoms with Crippen LogP contribution in [0.5, 0.6) is 0 Å². The number of thioether (sulfide) groups is 1. The second kappa shape index (κ2) is 4.53. The van der Waals surface area contributed by atoms with Gasteiger partial charge in [0.15, 0.2) is 5.78 Å². The van der Waals surface area contributed by atoms with Crippen LogP contribution in [0.2, 0.25) is 0 Å². The summed E-state index contributed by atoms with van der Waals surface area (Å²) < 4.78 is 0. The van der Waals surface area contributed by atoms with Crippen LogP contribution >= 0.6 is 11.8 Å². The van der Waals surface area contributed by atoms with Gasteiger partial charge in [0.1, 0.15) is 0 Å². The van der Waals surface area contributed by atoms with Crippen LogP contribution in [-0.4, -0.2) is 16.9 Å². The summed E-state index contributed by atoms with van der Waals surface area (Å²) in [6.07, 6.45) is 0. The lowest BCUT2D eigenvalue weighted by atomic mass is 10.1. The van der Waals surface area contributed by atoms with Crippen molar-refractivity contribution < 1.29 is 9.59 Å². The molecule has 0 radical (unpaired) electrons. The molecule has 3 nitrogen and oxygen atoms in total. The number of carbonyl (C=O) groups excluding carboxylic acids is 2. The molecule has 0 aromatic heterocycles. The van der Waals surface area contributed by atoms with Gasteiger partial charge in [-0.05, 0) is 25.0 Å². The topological polar surface area (TPSA) is 46.2 Å². The molecule has 0 bridgehead atoms. The maximum absolute atomic E-state index is 11.9. The largest absolute Gasteiger partial charge is 0.324 e. The SMILES string of the molecule is CC(=O)c1ccc2c(c1)NC(=O)C(C(C)C)S2. The number of hydrogen-bond donors (Lipinski definition) is 1. The van der Waals surface area contributed by atoms with E-state index in [1.807, 2.05) is 26.0 Å². The molecule has 2 rings (SSSR count). The minimum absolute atomic E-state index is 0.0121. The van der Waals surface area contributed by atoms with Crippen molar-refractivity contribution in [3.05, 3.63) is 23.8 Å². The number of fused-ring (bicyclic) bond motifs is 1. The molecular weight excluding hydrogens is 234 g/mol. The fraction of sp³-hybridized carbons (Fsp3) is 0.385. The zero-order valence-corrected chi connectivity index (χ0v) is 10.9. The van der Waals surface area contributed by atoms with E-state index in [0.717, 1.165) is 10.6 Å². The molecule has 0 aliphatic carbocycles. The molecule has 1 aliphatic rings. The van der Waals surface area contributed by atoms with Crippen molar-refractivity contribution in [2.24, 2.45) is 5.92 Å². The van der Waals surface area contributed by atoms with Gasteiger partial charge in [-0.2, -0.15) is 0 Å². The van der Waals surface area contributed by atoms with Crippen molar-refractivity contribution in [1.82, 2.24) is 0 Å². The van der Waals surface area contributed by atoms with Crippen LogP contribution in [-0.2, 0) is 4.79 Å². The Balaban J connectivity index is 2.35. The van der Waals surface area contributed by atoms with Crippen molar-refractivity contribution in [2.75, 3.05) is 5.32 Å². The van der Waals surface area contributed by atoms with E-state index < -0.39 is 0 Å². The van der Waals surface area contributed by atoms with E-state index in [-0.39, 0.29) is 16.9 Å². The van der Waals surface area contributed by atoms with E-state index in [2.05, 4.69) is 5.32 Å². The molecule has 17 heavy (non-hydrogen) atoms. The molecular formula is C13H15NO2S. The van der Waals surface area contributed by atoms with Gasteiger partial charge in [-0.3, -0.25) is 9.59 Å². The minimum Gasteiger partial charge on any atom is -0.324 e. The maximum Gasteiger partial charge on any atom is 0.238 e. The Morgan fingerprint density at radius 1 is 1.41 bits per heavy atom. The average Bonchev–Trinajstić information content (AvgIpc) is 2.26. The van der Waals surface area contributed by atoms with Gasteiger partial charge in [-0.1, -0.05) is 19.9 Å². The Labute approximate surface area is 105 Å². The third-order valence-corrected chi connectivity index (χ3v) is 4.38. The predicted molar refractivity (Wildman–Crippen MR) is 69.6 cm³/mol. The highest BCUT2D eigenvalue weighted by molar-refractivity contribution is 8.01. The average molecular weight is 249 g/mol. The van der Waals surface area contributed by atoms with E-state index in [1.165, 1.54) is 6.92 Å². The van der Waals surface area contributed by atoms with Crippen LogP contribution in [0.3, 0.4) is 0 Å². The van der Waals surface area contributed by atoms with Gasteiger partial charge in [0.05, 0.1) is 10.9 Å². The summed E-state index contributed by atoms with van der Waals surface area (Å²) in [5.74, 6) is 0.330. The van der Waals surface area contributed by atoms with E-state index >= 15 is 0 Å². The molecule has 1 heterocycles. The van der Waals surface area contributed by atoms with Crippen LogP contribution in [0.25, 0.3) is 0 Å². The number of Topliss-reactive ketones (excluding diaryl/α,β-unsaturated/α-hetero) is 1. The number of amides is 1. The first-order valence-electron chi connectivity index (χ1n) is 5.61. The first kappa shape index (κ1) is 12.2. The molecule has 1 aromatic carbocycles. The van der Waals surface area contributed by atoms with Gasteiger partial charge in [0.25, 0.3) is 0 Å². The Morgan fingerprint density at radius 3 is 2.71 bits per heavy atom. The lowest BCUT2D eigenvalue weighted by Gasteiger charge is -2.26. The van der Waals surface area contributed by atoms with Crippen molar-refractivity contribution in [1.29, 1.82) is 0 Å². The zero-order chi connectivity index (χ0) is 12.6. The third-order valence-electron chi connectivity index (χ3n) is 2.76. The maximum atomic E-state index is 11.9. The second-order valence-electron chi connectivity index (χ2n) is 4.54. The predicted octanol–water partition coefficient (Wildman–Crippen LogP) is 2.96. The summed E-state index contributed by atoms with van der Waals surface area (Å²) in [6, 6.07) is 5.47. The molecule has 1 aliphatic heterocycles. The highest BCUT2D eigenvalue weighted by Gasteiger charge is 2.29. The molecule has 0 saturated heterocycles. The molecule has 1 aromatic rings. The Bertz CT molecular complexity index is 482. The van der Waals surface area contributed by atoms with Crippen LogP contribution in [0.15, 0.2) is 23.1 Å². The Hall–Kier alpha value is -1.29. The molecule has 1 N–H and O–H groups in total. The highest BCUT2D eigenvalue weighted by Crippen LogP contribution is 2.38. The summed E-state index contributed by atoms with van der Waals surface area (Å²) >= 11 is 1.57. The monoisotopic (exact) mass is 249 g/mol. The van der Waals surface area contributed by atoms with E-state index in [0.29, 0.717) is 11.5 Å². The van der Waals surface area contributed by atoms with Gasteiger partial charge < -0.3 is 5.32 Å². The summed E-state index contributed by atoms with van der Waals surface area (Å²) in [5.41, 5.74) is 1.39. The first-order valence-corrected chi connectivity index (χ1v) is 6.49. The molecule has 0 fully saturated rings. The summed E-state index contributed by atoms with van der Waals surface area (Å²) in [6.45, 7) is 5.59. The summed E-state index contributed by atoms with van der Waals surface area (Å²) in [4.78, 5) is 24.2. The number of carbonyl (C=O) groups is 2. The molecule has 1 atom stereocenters. The van der Waals surface area contributed by atoms with Crippen LogP contribution in [0.1, 0.15) is 31.1 Å². The smallest absolute Gasteiger partial charge is 0.238 e. The number of anilines is 1. The summed E-state index contributed by atoms with van der Waals surface area (Å²) in [7, 11) is 0. The molecule has 0 spiro atoms. The van der Waals surface area contributed by atoms with Gasteiger partial charge >= 0.3 is 0 Å². The van der Waals surface area contributed by atoms with Crippen molar-refractivity contribution in [2.45, 2.75) is 30.9 Å². The summed E-state index contributed by atoms with van der Waals surface area (Å²) in [5, 5.41) is 2.82. The van der Waals surface area contributed by atoms with Crippen LogP contribution in [0.4, 0.5) is 5.69 Å². The number of hydrogen-bond acceptors (Lipinski definition) is 3. The Morgan fingerprint density at radius 2 is 2.12 bits per heavy atom. The number of ketones is 1. The van der Waals surface area contributed by atoms with Crippen LogP contribution < -0.4 is 5.32 Å². The van der Waals surface area contributed by atoms with Crippen molar-refractivity contribution in [3.8, 4) is 0 Å². The molecule has 0 saturated carbocycles. The first-order chi connectivity index (χ1) is 7.99. The van der Waals surface area contributed by atoms with Crippen LogP contribution in [0, 0.1) is 5.92 Å². The van der Waals surface area contributed by atoms with Gasteiger partial charge in [-0.25, -0.2) is 0 Å². The Kier molecular flexibility index (Phi) is 3.24. The van der Waals surface area contributed by atoms with E-state index in [1.54, 1.807) is 17.8 Å². The third kappa shape index (κ3) is 2.36. The van der Waals surface area contributed by atoms with Gasteiger partial charge in [0, 0.05) is 10.5 Å².